The van der Waals surface area contributed by atoms with Crippen LogP contribution in [0, 0.1) is 0 Å². The number of hydrogen-bond donors (Lipinski definition) is 1. The van der Waals surface area contributed by atoms with Crippen LogP contribution in [0.5, 0.6) is 5.75 Å². The van der Waals surface area contributed by atoms with Crippen molar-refractivity contribution in [3.63, 3.8) is 0 Å². The fourth-order valence-electron chi connectivity index (χ4n) is 1.79. The van der Waals surface area contributed by atoms with Gasteiger partial charge in [-0.1, -0.05) is 13.3 Å². The van der Waals surface area contributed by atoms with E-state index in [1.54, 1.807) is 31.3 Å². The lowest BCUT2D eigenvalue weighted by molar-refractivity contribution is 0.309. The van der Waals surface area contributed by atoms with Crippen molar-refractivity contribution < 1.29 is 13.2 Å². The summed E-state index contributed by atoms with van der Waals surface area (Å²) in [5.74, 6) is 1.48. The van der Waals surface area contributed by atoms with Gasteiger partial charge in [0.2, 0.25) is 10.0 Å². The highest BCUT2D eigenvalue weighted by atomic mass is 32.2. The zero-order valence-corrected chi connectivity index (χ0v) is 14.5. The molecule has 21 heavy (non-hydrogen) atoms. The maximum Gasteiger partial charge on any atom is 0.242 e. The molecular formula is C15H25NO3S2. The Hall–Kier alpha value is -0.720. The molecule has 4 nitrogen and oxygen atoms in total. The molecule has 0 atom stereocenters. The zero-order valence-electron chi connectivity index (χ0n) is 12.8. The summed E-state index contributed by atoms with van der Waals surface area (Å²) in [5.41, 5.74) is 0. The Balaban J connectivity index is 2.66. The normalized spacial score (nSPS) is 11.8. The highest BCUT2D eigenvalue weighted by Crippen LogP contribution is 2.19. The standard InChI is InChI=1S/C15H25NO3S2/c1-3-4-12-19-14-7-9-15(10-8-14)21(17,18)16(2)11-5-6-13-20/h7-10,20H,3-6,11-13H2,1-2H3. The third kappa shape index (κ3) is 5.88. The van der Waals surface area contributed by atoms with Gasteiger partial charge in [-0.2, -0.15) is 12.6 Å². The Morgan fingerprint density at radius 3 is 2.38 bits per heavy atom. The van der Waals surface area contributed by atoms with Crippen LogP contribution in [0.4, 0.5) is 0 Å². The second-order valence-electron chi connectivity index (χ2n) is 4.93. The van der Waals surface area contributed by atoms with Gasteiger partial charge < -0.3 is 4.74 Å². The molecule has 0 spiro atoms. The topological polar surface area (TPSA) is 46.6 Å². The van der Waals surface area contributed by atoms with Crippen molar-refractivity contribution in [2.75, 3.05) is 26.0 Å². The SMILES string of the molecule is CCCCOc1ccc(S(=O)(=O)N(C)CCCCS)cc1. The van der Waals surface area contributed by atoms with Gasteiger partial charge in [-0.15, -0.1) is 0 Å². The van der Waals surface area contributed by atoms with E-state index in [-0.39, 0.29) is 0 Å². The third-order valence-corrected chi connectivity index (χ3v) is 5.37. The van der Waals surface area contributed by atoms with Crippen molar-refractivity contribution in [2.45, 2.75) is 37.5 Å². The predicted octanol–water partition coefficient (Wildman–Crippen LogP) is 3.20. The van der Waals surface area contributed by atoms with Crippen molar-refractivity contribution >= 4 is 22.7 Å². The number of unbranched alkanes of at least 4 members (excludes halogenated alkanes) is 2. The summed E-state index contributed by atoms with van der Waals surface area (Å²) in [6.07, 6.45) is 3.79. The van der Waals surface area contributed by atoms with Gasteiger partial charge in [0, 0.05) is 13.6 Å². The molecule has 0 heterocycles. The summed E-state index contributed by atoms with van der Waals surface area (Å²) in [5, 5.41) is 0. The summed E-state index contributed by atoms with van der Waals surface area (Å²) in [6.45, 7) is 3.27. The van der Waals surface area contributed by atoms with Crippen molar-refractivity contribution in [3.05, 3.63) is 24.3 Å². The Bertz CT molecular complexity index is 500. The third-order valence-electron chi connectivity index (χ3n) is 3.18. The van der Waals surface area contributed by atoms with Crippen LogP contribution in [-0.2, 0) is 10.0 Å². The van der Waals surface area contributed by atoms with E-state index in [2.05, 4.69) is 19.6 Å². The van der Waals surface area contributed by atoms with Gasteiger partial charge in [-0.3, -0.25) is 0 Å². The molecule has 1 rings (SSSR count). The fourth-order valence-corrected chi connectivity index (χ4v) is 3.22. The lowest BCUT2D eigenvalue weighted by atomic mass is 10.3. The molecule has 1 aromatic rings. The number of nitrogens with zero attached hydrogens (tertiary/aromatic N) is 1. The molecule has 6 heteroatoms. The monoisotopic (exact) mass is 331 g/mol. The summed E-state index contributed by atoms with van der Waals surface area (Å²) in [6, 6.07) is 6.63. The number of benzene rings is 1. The summed E-state index contributed by atoms with van der Waals surface area (Å²) in [7, 11) is -1.80. The molecule has 0 fully saturated rings. The molecule has 0 bridgehead atoms. The van der Waals surface area contributed by atoms with Crippen molar-refractivity contribution in [1.29, 1.82) is 0 Å². The van der Waals surface area contributed by atoms with E-state index in [1.165, 1.54) is 4.31 Å². The highest BCUT2D eigenvalue weighted by molar-refractivity contribution is 7.89. The molecule has 0 radical (unpaired) electrons. The maximum atomic E-state index is 12.4. The summed E-state index contributed by atoms with van der Waals surface area (Å²) < 4.78 is 31.7. The average Bonchev–Trinajstić information content (AvgIpc) is 2.48. The number of hydrogen-bond acceptors (Lipinski definition) is 4. The van der Waals surface area contributed by atoms with Crippen LogP contribution < -0.4 is 4.74 Å². The van der Waals surface area contributed by atoms with E-state index in [4.69, 9.17) is 4.74 Å². The van der Waals surface area contributed by atoms with E-state index >= 15 is 0 Å². The molecule has 0 N–H and O–H groups in total. The molecular weight excluding hydrogens is 306 g/mol. The number of sulfonamides is 1. The first kappa shape index (κ1) is 18.3. The highest BCUT2D eigenvalue weighted by Gasteiger charge is 2.20. The van der Waals surface area contributed by atoms with Crippen LogP contribution in [-0.4, -0.2) is 38.7 Å². The van der Waals surface area contributed by atoms with Crippen LogP contribution in [0.15, 0.2) is 29.2 Å². The van der Waals surface area contributed by atoms with Gasteiger partial charge in [0.15, 0.2) is 0 Å². The molecule has 1 aromatic carbocycles. The molecule has 0 aromatic heterocycles. The lowest BCUT2D eigenvalue weighted by Crippen LogP contribution is -2.28. The number of thiol groups is 1. The minimum absolute atomic E-state index is 0.304. The first-order valence-corrected chi connectivity index (χ1v) is 9.39. The van der Waals surface area contributed by atoms with Gasteiger partial charge in [-0.25, -0.2) is 12.7 Å². The van der Waals surface area contributed by atoms with E-state index in [9.17, 15) is 8.42 Å². The second-order valence-corrected chi connectivity index (χ2v) is 7.42. The van der Waals surface area contributed by atoms with Crippen molar-refractivity contribution in [2.24, 2.45) is 0 Å². The lowest BCUT2D eigenvalue weighted by Gasteiger charge is -2.17. The minimum Gasteiger partial charge on any atom is -0.494 e. The van der Waals surface area contributed by atoms with Gasteiger partial charge in [0.05, 0.1) is 11.5 Å². The van der Waals surface area contributed by atoms with Gasteiger partial charge in [0.25, 0.3) is 0 Å². The van der Waals surface area contributed by atoms with Crippen LogP contribution in [0.2, 0.25) is 0 Å². The Morgan fingerprint density at radius 1 is 1.14 bits per heavy atom. The molecule has 0 amide bonds. The molecule has 0 aliphatic rings. The van der Waals surface area contributed by atoms with Gasteiger partial charge in [-0.05, 0) is 49.3 Å². The Labute approximate surface area is 134 Å². The molecule has 0 aliphatic heterocycles. The number of ether oxygens (including phenoxy) is 1. The Kier molecular flexibility index (Phi) is 8.14. The smallest absolute Gasteiger partial charge is 0.242 e. The zero-order chi connectivity index (χ0) is 15.7. The van der Waals surface area contributed by atoms with E-state index in [1.807, 2.05) is 0 Å². The van der Waals surface area contributed by atoms with Crippen LogP contribution in [0.25, 0.3) is 0 Å². The number of rotatable bonds is 10. The summed E-state index contributed by atoms with van der Waals surface area (Å²) >= 11 is 4.13. The summed E-state index contributed by atoms with van der Waals surface area (Å²) in [4.78, 5) is 0.304. The van der Waals surface area contributed by atoms with Crippen LogP contribution in [0.3, 0.4) is 0 Å². The second kappa shape index (κ2) is 9.33. The van der Waals surface area contributed by atoms with Crippen molar-refractivity contribution in [1.82, 2.24) is 4.31 Å². The molecule has 0 saturated heterocycles. The maximum absolute atomic E-state index is 12.4. The van der Waals surface area contributed by atoms with Crippen LogP contribution >= 0.6 is 12.6 Å². The Morgan fingerprint density at radius 2 is 1.81 bits per heavy atom. The largest absolute Gasteiger partial charge is 0.494 e. The van der Waals surface area contributed by atoms with Crippen molar-refractivity contribution in [3.8, 4) is 5.75 Å². The molecule has 0 saturated carbocycles. The van der Waals surface area contributed by atoms with E-state index < -0.39 is 10.0 Å². The average molecular weight is 332 g/mol. The van der Waals surface area contributed by atoms with E-state index in [0.29, 0.717) is 23.8 Å². The predicted molar refractivity (Wildman–Crippen MR) is 89.7 cm³/mol. The molecule has 0 unspecified atom stereocenters. The van der Waals surface area contributed by atoms with Gasteiger partial charge in [0.1, 0.15) is 5.75 Å². The van der Waals surface area contributed by atoms with Gasteiger partial charge >= 0.3 is 0 Å². The van der Waals surface area contributed by atoms with E-state index in [0.717, 1.165) is 31.4 Å². The first-order valence-electron chi connectivity index (χ1n) is 7.32. The quantitative estimate of drug-likeness (QED) is 0.529. The fraction of sp³-hybridized carbons (Fsp3) is 0.600. The minimum atomic E-state index is -3.41. The van der Waals surface area contributed by atoms with Crippen LogP contribution in [0.1, 0.15) is 32.6 Å². The molecule has 0 aliphatic carbocycles. The first-order chi connectivity index (χ1) is 10.0. The molecule has 120 valence electrons.